The fourth-order valence-electron chi connectivity index (χ4n) is 7.15. The molecule has 3 aromatic carbocycles. The van der Waals surface area contributed by atoms with Crippen LogP contribution in [0.4, 0.5) is 0 Å². The van der Waals surface area contributed by atoms with Crippen molar-refractivity contribution in [3.63, 3.8) is 0 Å². The van der Waals surface area contributed by atoms with E-state index in [-0.39, 0.29) is 37.0 Å². The van der Waals surface area contributed by atoms with Crippen molar-refractivity contribution in [3.05, 3.63) is 109 Å². The third kappa shape index (κ3) is 12.8. The highest BCUT2D eigenvalue weighted by Crippen LogP contribution is 2.49. The van der Waals surface area contributed by atoms with Crippen molar-refractivity contribution < 1.29 is 37.7 Å². The normalized spacial score (nSPS) is 17.7. The van der Waals surface area contributed by atoms with Gasteiger partial charge in [0, 0.05) is 23.5 Å². The van der Waals surface area contributed by atoms with Gasteiger partial charge in [-0.25, -0.2) is 4.57 Å². The van der Waals surface area contributed by atoms with Crippen LogP contribution in [0.2, 0.25) is 0 Å². The molecule has 2 atom stereocenters. The number of piperidine rings is 1. The lowest BCUT2D eigenvalue weighted by Crippen LogP contribution is -2.62. The summed E-state index contributed by atoms with van der Waals surface area (Å²) in [7, 11) is -4.11. The second-order valence-corrected chi connectivity index (χ2v) is 17.2. The lowest BCUT2D eigenvalue weighted by atomic mass is 9.75. The number of benzene rings is 3. The van der Waals surface area contributed by atoms with Crippen LogP contribution in [-0.2, 0) is 28.6 Å². The highest BCUT2D eigenvalue weighted by molar-refractivity contribution is 7.49. The van der Waals surface area contributed by atoms with Crippen molar-refractivity contribution >= 4 is 19.7 Å². The Morgan fingerprint density at radius 3 is 1.94 bits per heavy atom. The van der Waals surface area contributed by atoms with E-state index in [4.69, 9.17) is 18.3 Å². The molecule has 1 heterocycles. The molecule has 0 saturated carbocycles. The summed E-state index contributed by atoms with van der Waals surface area (Å²) < 4.78 is 36.3. The van der Waals surface area contributed by atoms with Gasteiger partial charge in [-0.2, -0.15) is 0 Å². The van der Waals surface area contributed by atoms with Gasteiger partial charge in [-0.3, -0.25) is 14.1 Å². The summed E-state index contributed by atoms with van der Waals surface area (Å²) in [5.41, 5.74) is -0.718. The first kappa shape index (κ1) is 42.8. The van der Waals surface area contributed by atoms with E-state index < -0.39 is 24.3 Å². The molecule has 1 aliphatic rings. The van der Waals surface area contributed by atoms with E-state index in [0.29, 0.717) is 50.0 Å². The molecule has 0 aromatic heterocycles. The van der Waals surface area contributed by atoms with Crippen molar-refractivity contribution in [1.29, 1.82) is 0 Å². The van der Waals surface area contributed by atoms with E-state index in [9.17, 15) is 19.4 Å². The van der Waals surface area contributed by atoms with Crippen molar-refractivity contribution in [3.8, 4) is 11.5 Å². The Balaban J connectivity index is 1.28. The van der Waals surface area contributed by atoms with Crippen molar-refractivity contribution in [2.45, 2.75) is 116 Å². The quantitative estimate of drug-likeness (QED) is 0.0523. The number of esters is 1. The minimum absolute atomic E-state index is 0.0133. The molecule has 4 rings (SSSR count). The highest BCUT2D eigenvalue weighted by Gasteiger charge is 2.46. The van der Waals surface area contributed by atoms with Gasteiger partial charge < -0.3 is 19.1 Å². The molecule has 54 heavy (non-hydrogen) atoms. The Kier molecular flexibility index (Phi) is 15.5. The van der Waals surface area contributed by atoms with Crippen molar-refractivity contribution in [2.75, 3.05) is 13.2 Å². The number of nitrogens with zero attached hydrogens (tertiary/aromatic N) is 1. The van der Waals surface area contributed by atoms with Gasteiger partial charge in [0.2, 0.25) is 5.91 Å². The molecule has 11 heteroatoms. The number of rotatable bonds is 20. The van der Waals surface area contributed by atoms with Crippen molar-refractivity contribution in [2.24, 2.45) is 5.41 Å². The van der Waals surface area contributed by atoms with Gasteiger partial charge in [-0.1, -0.05) is 85.8 Å². The summed E-state index contributed by atoms with van der Waals surface area (Å²) >= 11 is 0. The van der Waals surface area contributed by atoms with E-state index in [2.05, 4.69) is 29.6 Å². The number of hydroxylamine groups is 2. The fraction of sp³-hybridized carbons (Fsp3) is 0.488. The van der Waals surface area contributed by atoms with Crippen LogP contribution in [0.25, 0.3) is 0 Å². The molecule has 1 amide bonds. The first-order chi connectivity index (χ1) is 25.6. The van der Waals surface area contributed by atoms with Crippen LogP contribution in [-0.4, -0.2) is 47.3 Å². The maximum absolute atomic E-state index is 13.6. The SMILES string of the molecule is CCC(C)(CC(C/C=C/CCCC(=O)NC1CC(C)(C)N([O])C(C)(C)C1)c1ccccc1)C(=O)OCCOP(=O)(Oc1ccccc1)Oc1ccccc1. The summed E-state index contributed by atoms with van der Waals surface area (Å²) in [6.45, 7) is 11.3. The molecule has 1 N–H and O–H groups in total. The first-order valence-corrected chi connectivity index (χ1v) is 20.5. The molecule has 10 nitrogen and oxygen atoms in total. The number of nitrogens with one attached hydrogen (secondary N) is 1. The predicted octanol–water partition coefficient (Wildman–Crippen LogP) is 10.0. The fourth-order valence-corrected chi connectivity index (χ4v) is 8.35. The summed E-state index contributed by atoms with van der Waals surface area (Å²) in [5.74, 6) is 0.345. The molecular weight excluding hydrogens is 703 g/mol. The minimum atomic E-state index is -4.11. The minimum Gasteiger partial charge on any atom is -0.463 e. The van der Waals surface area contributed by atoms with E-state index in [1.165, 1.54) is 5.06 Å². The van der Waals surface area contributed by atoms with Gasteiger partial charge in [0.05, 0.1) is 12.0 Å². The molecule has 0 aliphatic carbocycles. The van der Waals surface area contributed by atoms with Gasteiger partial charge in [-0.15, -0.1) is 10.3 Å². The number of carbonyl (C=O) groups excluding carboxylic acids is 2. The molecule has 1 fully saturated rings. The van der Waals surface area contributed by atoms with Crippen LogP contribution >= 0.6 is 7.82 Å². The number of hydrogen-bond donors (Lipinski definition) is 1. The number of ether oxygens (including phenoxy) is 1. The molecular formula is C43H58N2O8P. The molecule has 1 saturated heterocycles. The van der Waals surface area contributed by atoms with E-state index in [0.717, 1.165) is 18.4 Å². The number of unbranched alkanes of at least 4 members (excludes halogenated alkanes) is 1. The average Bonchev–Trinajstić information content (AvgIpc) is 3.14. The summed E-state index contributed by atoms with van der Waals surface area (Å²) in [5, 5.41) is 17.0. The van der Waals surface area contributed by atoms with Crippen LogP contribution in [0.15, 0.2) is 103 Å². The third-order valence-corrected chi connectivity index (χ3v) is 11.4. The van der Waals surface area contributed by atoms with E-state index >= 15 is 0 Å². The van der Waals surface area contributed by atoms with Gasteiger partial charge in [-0.05, 0) is 115 Å². The number of phosphoric acid groups is 1. The monoisotopic (exact) mass is 761 g/mol. The molecule has 0 spiro atoms. The average molecular weight is 762 g/mol. The molecule has 2 unspecified atom stereocenters. The standard InChI is InChI=1S/C43H58N2O8P/c1-7-43(6,40(47)50-29-30-51-54(49,52-37-24-16-11-17-25-37)53-38-26-18-12-19-27-38)31-35(34-21-14-10-15-22-34)23-13-8-9-20-28-39(46)44-36-32-41(2,3)45(48)42(4,5)33-36/h8,10-19,21-22,24-27,35-36H,7,9,20,23,28-33H2,1-6H3,(H,44,46)/b13-8+. The Hall–Kier alpha value is -3.95. The first-order valence-electron chi connectivity index (χ1n) is 19.0. The van der Waals surface area contributed by atoms with Crippen LogP contribution in [0.5, 0.6) is 11.5 Å². The Bertz CT molecular complexity index is 1620. The van der Waals surface area contributed by atoms with Crippen LogP contribution in [0, 0.1) is 5.41 Å². The lowest BCUT2D eigenvalue weighted by molar-refractivity contribution is -0.290. The number of hydrogen-bond acceptors (Lipinski definition) is 8. The number of amides is 1. The van der Waals surface area contributed by atoms with Crippen LogP contribution in [0.3, 0.4) is 0 Å². The largest absolute Gasteiger partial charge is 0.587 e. The lowest BCUT2D eigenvalue weighted by Gasteiger charge is -2.50. The summed E-state index contributed by atoms with van der Waals surface area (Å²) in [6.07, 6.45) is 9.22. The van der Waals surface area contributed by atoms with Crippen LogP contribution in [0.1, 0.15) is 104 Å². The molecule has 1 radical (unpaired) electrons. The second-order valence-electron chi connectivity index (χ2n) is 15.6. The zero-order valence-corrected chi connectivity index (χ0v) is 33.6. The summed E-state index contributed by atoms with van der Waals surface area (Å²) in [6, 6.07) is 27.3. The molecule has 293 valence electrons. The maximum atomic E-state index is 13.6. The van der Waals surface area contributed by atoms with E-state index in [1.54, 1.807) is 48.5 Å². The van der Waals surface area contributed by atoms with Gasteiger partial charge in [0.1, 0.15) is 18.1 Å². The summed E-state index contributed by atoms with van der Waals surface area (Å²) in [4.78, 5) is 26.4. The molecule has 3 aromatic rings. The zero-order valence-electron chi connectivity index (χ0n) is 32.7. The second kappa shape index (κ2) is 19.6. The maximum Gasteiger partial charge on any atom is 0.587 e. The molecule has 0 bridgehead atoms. The van der Waals surface area contributed by atoms with Gasteiger partial charge >= 0.3 is 13.8 Å². The number of allylic oxidation sites excluding steroid dienone is 2. The van der Waals surface area contributed by atoms with Gasteiger partial charge in [0.25, 0.3) is 0 Å². The smallest absolute Gasteiger partial charge is 0.463 e. The third-order valence-electron chi connectivity index (χ3n) is 10.0. The number of phosphoric ester groups is 1. The Labute approximate surface area is 321 Å². The van der Waals surface area contributed by atoms with Crippen molar-refractivity contribution in [1.82, 2.24) is 10.4 Å². The number of carbonyl (C=O) groups is 2. The Morgan fingerprint density at radius 1 is 0.870 bits per heavy atom. The van der Waals surface area contributed by atoms with Gasteiger partial charge in [0.15, 0.2) is 0 Å². The van der Waals surface area contributed by atoms with E-state index in [1.807, 2.05) is 71.9 Å². The zero-order chi connectivity index (χ0) is 39.2. The predicted molar refractivity (Wildman–Crippen MR) is 210 cm³/mol. The van der Waals surface area contributed by atoms with Crippen LogP contribution < -0.4 is 14.4 Å². The Morgan fingerprint density at radius 2 is 1.41 bits per heavy atom. The topological polar surface area (TPSA) is 123 Å². The number of para-hydroxylation sites is 2. The molecule has 1 aliphatic heterocycles. The highest BCUT2D eigenvalue weighted by atomic mass is 31.2.